The first-order valence-electron chi connectivity index (χ1n) is 6.54. The van der Waals surface area contributed by atoms with E-state index in [0.29, 0.717) is 12.1 Å². The van der Waals surface area contributed by atoms with Gasteiger partial charge < -0.3 is 15.5 Å². The summed E-state index contributed by atoms with van der Waals surface area (Å²) in [7, 11) is 0. The fraction of sp³-hybridized carbons (Fsp3) is 0.917. The quantitative estimate of drug-likeness (QED) is 0.707. The van der Waals surface area contributed by atoms with E-state index in [-0.39, 0.29) is 6.03 Å². The molecule has 4 heteroatoms. The molecule has 1 heterocycles. The predicted octanol–water partition coefficient (Wildman–Crippen LogP) is 1.32. The van der Waals surface area contributed by atoms with Crippen molar-refractivity contribution < 1.29 is 4.79 Å². The van der Waals surface area contributed by atoms with Crippen molar-refractivity contribution in [2.45, 2.75) is 51.1 Å². The molecule has 1 saturated heterocycles. The molecule has 2 aliphatic rings. The topological polar surface area (TPSA) is 44.4 Å². The van der Waals surface area contributed by atoms with Crippen molar-refractivity contribution in [2.24, 2.45) is 0 Å². The normalized spacial score (nSPS) is 27.8. The summed E-state index contributed by atoms with van der Waals surface area (Å²) in [6.07, 6.45) is 6.18. The molecule has 2 N–H and O–H groups in total. The Balaban J connectivity index is 1.77. The van der Waals surface area contributed by atoms with Crippen molar-refractivity contribution in [3.05, 3.63) is 0 Å². The Labute approximate surface area is 97.8 Å². The van der Waals surface area contributed by atoms with Crippen LogP contribution in [0.4, 0.5) is 4.79 Å². The fourth-order valence-electron chi connectivity index (χ4n) is 2.63. The van der Waals surface area contributed by atoms with Gasteiger partial charge in [-0.15, -0.1) is 0 Å². The smallest absolute Gasteiger partial charge is 0.317 e. The summed E-state index contributed by atoms with van der Waals surface area (Å²) >= 11 is 0. The number of hydrogen-bond acceptors (Lipinski definition) is 2. The Morgan fingerprint density at radius 2 is 2.06 bits per heavy atom. The highest BCUT2D eigenvalue weighted by molar-refractivity contribution is 5.74. The molecule has 0 unspecified atom stereocenters. The Hall–Kier alpha value is -0.770. The van der Waals surface area contributed by atoms with Gasteiger partial charge in [0.2, 0.25) is 0 Å². The van der Waals surface area contributed by atoms with Gasteiger partial charge in [0.05, 0.1) is 0 Å². The van der Waals surface area contributed by atoms with Gasteiger partial charge in [-0.2, -0.15) is 0 Å². The van der Waals surface area contributed by atoms with Crippen LogP contribution >= 0.6 is 0 Å². The van der Waals surface area contributed by atoms with E-state index < -0.39 is 0 Å². The number of amides is 2. The van der Waals surface area contributed by atoms with Crippen LogP contribution in [0.2, 0.25) is 0 Å². The molecular formula is C12H23N3O. The zero-order valence-electron chi connectivity index (χ0n) is 10.2. The van der Waals surface area contributed by atoms with Gasteiger partial charge >= 0.3 is 6.03 Å². The van der Waals surface area contributed by atoms with Gasteiger partial charge in [0.25, 0.3) is 0 Å². The van der Waals surface area contributed by atoms with Crippen LogP contribution in [-0.4, -0.2) is 42.6 Å². The first kappa shape index (κ1) is 11.7. The van der Waals surface area contributed by atoms with Crippen LogP contribution in [0.5, 0.6) is 0 Å². The van der Waals surface area contributed by atoms with Crippen LogP contribution in [0, 0.1) is 0 Å². The number of nitrogens with zero attached hydrogens (tertiary/aromatic N) is 1. The summed E-state index contributed by atoms with van der Waals surface area (Å²) < 4.78 is 0. The van der Waals surface area contributed by atoms with Crippen molar-refractivity contribution in [2.75, 3.05) is 19.6 Å². The Kier molecular flexibility index (Phi) is 4.04. The van der Waals surface area contributed by atoms with E-state index in [1.165, 1.54) is 19.3 Å². The molecule has 0 aromatic heterocycles. The van der Waals surface area contributed by atoms with Crippen molar-refractivity contribution in [3.63, 3.8) is 0 Å². The highest BCUT2D eigenvalue weighted by Crippen LogP contribution is 2.17. The van der Waals surface area contributed by atoms with Crippen LogP contribution in [0.1, 0.15) is 39.0 Å². The van der Waals surface area contributed by atoms with Gasteiger partial charge in [-0.1, -0.05) is 19.3 Å². The molecule has 2 amide bonds. The highest BCUT2D eigenvalue weighted by atomic mass is 16.2. The number of hydrogen-bond donors (Lipinski definition) is 2. The third kappa shape index (κ3) is 3.11. The second-order valence-corrected chi connectivity index (χ2v) is 5.09. The zero-order chi connectivity index (χ0) is 11.4. The van der Waals surface area contributed by atoms with Crippen LogP contribution in [0.25, 0.3) is 0 Å². The highest BCUT2D eigenvalue weighted by Gasteiger charge is 2.23. The monoisotopic (exact) mass is 225 g/mol. The van der Waals surface area contributed by atoms with E-state index in [2.05, 4.69) is 17.6 Å². The minimum absolute atomic E-state index is 0.139. The molecule has 1 saturated carbocycles. The van der Waals surface area contributed by atoms with Gasteiger partial charge in [-0.3, -0.25) is 0 Å². The van der Waals surface area contributed by atoms with Crippen LogP contribution in [0.3, 0.4) is 0 Å². The molecule has 1 atom stereocenters. The second-order valence-electron chi connectivity index (χ2n) is 5.09. The van der Waals surface area contributed by atoms with Gasteiger partial charge in [-0.25, -0.2) is 4.79 Å². The molecule has 0 spiro atoms. The van der Waals surface area contributed by atoms with Crippen molar-refractivity contribution >= 4 is 6.03 Å². The van der Waals surface area contributed by atoms with E-state index in [1.807, 2.05) is 4.90 Å². The van der Waals surface area contributed by atoms with E-state index in [1.54, 1.807) is 0 Å². The lowest BCUT2D eigenvalue weighted by molar-refractivity contribution is 0.172. The molecule has 0 aromatic carbocycles. The number of rotatable bonds is 1. The lowest BCUT2D eigenvalue weighted by Crippen LogP contribution is -2.55. The zero-order valence-corrected chi connectivity index (χ0v) is 10.2. The molecule has 0 aromatic rings. The third-order valence-electron chi connectivity index (χ3n) is 3.59. The lowest BCUT2D eigenvalue weighted by Gasteiger charge is -2.34. The summed E-state index contributed by atoms with van der Waals surface area (Å²) in [6.45, 7) is 4.71. The standard InChI is InChI=1S/C12H23N3O/c1-10-9-15(8-7-13-10)12(16)14-11-5-3-2-4-6-11/h10-11,13H,2-9H2,1H3,(H,14,16)/t10-/m0/s1. The molecule has 0 bridgehead atoms. The largest absolute Gasteiger partial charge is 0.335 e. The summed E-state index contributed by atoms with van der Waals surface area (Å²) in [5.74, 6) is 0. The first-order chi connectivity index (χ1) is 7.75. The predicted molar refractivity (Wildman–Crippen MR) is 64.4 cm³/mol. The summed E-state index contributed by atoms with van der Waals surface area (Å²) in [4.78, 5) is 13.9. The van der Waals surface area contributed by atoms with Crippen molar-refractivity contribution in [1.29, 1.82) is 0 Å². The number of carbonyl (C=O) groups is 1. The molecule has 1 aliphatic heterocycles. The maximum absolute atomic E-state index is 12.0. The number of urea groups is 1. The second kappa shape index (κ2) is 5.53. The molecule has 1 aliphatic carbocycles. The van der Waals surface area contributed by atoms with E-state index >= 15 is 0 Å². The average molecular weight is 225 g/mol. The summed E-state index contributed by atoms with van der Waals surface area (Å²) in [6, 6.07) is 0.984. The lowest BCUT2D eigenvalue weighted by atomic mass is 9.96. The van der Waals surface area contributed by atoms with Crippen LogP contribution < -0.4 is 10.6 Å². The third-order valence-corrected chi connectivity index (χ3v) is 3.59. The number of nitrogens with one attached hydrogen (secondary N) is 2. The molecule has 0 radical (unpaired) electrons. The van der Waals surface area contributed by atoms with E-state index in [4.69, 9.17) is 0 Å². The van der Waals surface area contributed by atoms with Crippen molar-refractivity contribution in [1.82, 2.24) is 15.5 Å². The molecule has 2 fully saturated rings. The Morgan fingerprint density at radius 3 is 2.75 bits per heavy atom. The van der Waals surface area contributed by atoms with Gasteiger partial charge in [-0.05, 0) is 19.8 Å². The fourth-order valence-corrected chi connectivity index (χ4v) is 2.63. The minimum Gasteiger partial charge on any atom is -0.335 e. The van der Waals surface area contributed by atoms with E-state index in [9.17, 15) is 4.79 Å². The Morgan fingerprint density at radius 1 is 1.31 bits per heavy atom. The first-order valence-corrected chi connectivity index (χ1v) is 6.54. The SMILES string of the molecule is C[C@H]1CN(C(=O)NC2CCCCC2)CCN1. The minimum atomic E-state index is 0.139. The maximum atomic E-state index is 12.0. The van der Waals surface area contributed by atoms with Crippen LogP contribution in [0.15, 0.2) is 0 Å². The number of carbonyl (C=O) groups excluding carboxylic acids is 1. The molecule has 2 rings (SSSR count). The van der Waals surface area contributed by atoms with E-state index in [0.717, 1.165) is 32.5 Å². The Bertz CT molecular complexity index is 238. The van der Waals surface area contributed by atoms with Crippen LogP contribution in [-0.2, 0) is 0 Å². The van der Waals surface area contributed by atoms with Gasteiger partial charge in [0.15, 0.2) is 0 Å². The molecule has 92 valence electrons. The summed E-state index contributed by atoms with van der Waals surface area (Å²) in [5, 5.41) is 6.52. The maximum Gasteiger partial charge on any atom is 0.317 e. The van der Waals surface area contributed by atoms with Gasteiger partial charge in [0, 0.05) is 31.7 Å². The number of piperazine rings is 1. The average Bonchev–Trinajstić information content (AvgIpc) is 2.30. The van der Waals surface area contributed by atoms with Gasteiger partial charge in [0.1, 0.15) is 0 Å². The molecule has 4 nitrogen and oxygen atoms in total. The summed E-state index contributed by atoms with van der Waals surface area (Å²) in [5.41, 5.74) is 0. The molecular weight excluding hydrogens is 202 g/mol. The molecule has 16 heavy (non-hydrogen) atoms. The van der Waals surface area contributed by atoms with Crippen molar-refractivity contribution in [3.8, 4) is 0 Å².